The quantitative estimate of drug-likeness (QED) is 0.210. The van der Waals surface area contributed by atoms with Gasteiger partial charge in [-0.2, -0.15) is 9.13 Å². The van der Waals surface area contributed by atoms with E-state index in [1.54, 1.807) is 28.7 Å². The number of halogens is 2. The number of hydrogen-bond acceptors (Lipinski definition) is 5. The molecule has 148 valence electrons. The molecule has 0 aliphatic carbocycles. The van der Waals surface area contributed by atoms with Gasteiger partial charge < -0.3 is 38.5 Å². The number of ketones is 1. The van der Waals surface area contributed by atoms with E-state index < -0.39 is 0 Å². The summed E-state index contributed by atoms with van der Waals surface area (Å²) in [4.78, 5) is 12.0. The third kappa shape index (κ3) is 6.73. The van der Waals surface area contributed by atoms with Crippen molar-refractivity contribution >= 4 is 28.5 Å². The maximum Gasteiger partial charge on any atom is 0.265 e. The molecule has 4 rings (SSSR count). The molecule has 0 amide bonds. The number of hydrogen-bond donors (Lipinski definition) is 0. The first kappa shape index (κ1) is 24.4. The summed E-state index contributed by atoms with van der Waals surface area (Å²) in [5.74, 6) is 0.204. The van der Waals surface area contributed by atoms with Crippen LogP contribution in [0.15, 0.2) is 69.6 Å². The number of carbonyl (C=O) groups is 1. The van der Waals surface area contributed by atoms with E-state index in [4.69, 9.17) is 4.52 Å². The second-order valence-electron chi connectivity index (χ2n) is 5.60. The van der Waals surface area contributed by atoms with Crippen molar-refractivity contribution < 1.29 is 52.4 Å². The lowest BCUT2D eigenvalue weighted by atomic mass is 10.1. The topological polar surface area (TPSA) is 50.9 Å². The molecule has 0 aliphatic rings. The predicted octanol–water partition coefficient (Wildman–Crippen LogP) is -2.54. The molecule has 0 atom stereocenters. The van der Waals surface area contributed by atoms with Crippen LogP contribution in [0.3, 0.4) is 0 Å². The van der Waals surface area contributed by atoms with Crippen LogP contribution in [0, 0.1) is 6.92 Å². The molecule has 0 radical (unpaired) electrons. The average molecular weight is 545 g/mol. The zero-order valence-electron chi connectivity index (χ0n) is 15.3. The lowest BCUT2D eigenvalue weighted by molar-refractivity contribution is -0.678. The Labute approximate surface area is 192 Å². The molecule has 1 aromatic carbocycles. The van der Waals surface area contributed by atoms with Gasteiger partial charge in [-0.15, -0.1) is 0 Å². The van der Waals surface area contributed by atoms with E-state index >= 15 is 0 Å². The number of aryl methyl sites for hydroxylation is 2. The minimum Gasteiger partial charge on any atom is -1.00 e. The maximum atomic E-state index is 12.0. The average Bonchev–Trinajstić information content (AvgIpc) is 3.40. The Bertz CT molecular complexity index is 954. The molecule has 5 nitrogen and oxygen atoms in total. The molecule has 4 aromatic rings. The summed E-state index contributed by atoms with van der Waals surface area (Å²) in [5, 5.41) is 9.28. The monoisotopic (exact) mass is 543 g/mol. The van der Waals surface area contributed by atoms with E-state index in [9.17, 15) is 4.79 Å². The van der Waals surface area contributed by atoms with Crippen LogP contribution >= 0.6 is 22.7 Å². The van der Waals surface area contributed by atoms with Gasteiger partial charge in [-0.25, -0.2) is 0 Å². The Balaban J connectivity index is 0.000000373. The van der Waals surface area contributed by atoms with Crippen LogP contribution < -0.4 is 43.1 Å². The Morgan fingerprint density at radius 3 is 2.43 bits per heavy atom. The van der Waals surface area contributed by atoms with Gasteiger partial charge in [0.05, 0.1) is 10.8 Å². The molecule has 28 heavy (non-hydrogen) atoms. The number of carbonyl (C=O) groups excluding carboxylic acids is 1. The molecular weight excluding hydrogens is 526 g/mol. The van der Waals surface area contributed by atoms with E-state index in [0.29, 0.717) is 5.69 Å². The fraction of sp³-hybridized carbons (Fsp3) is 0.158. The Morgan fingerprint density at radius 1 is 1.14 bits per heavy atom. The number of benzene rings is 1. The Morgan fingerprint density at radius 2 is 1.89 bits per heavy atom. The van der Waals surface area contributed by atoms with E-state index in [1.807, 2.05) is 59.0 Å². The predicted molar refractivity (Wildman–Crippen MR) is 101 cm³/mol. The van der Waals surface area contributed by atoms with E-state index in [2.05, 4.69) is 28.2 Å². The highest BCUT2D eigenvalue weighted by Crippen LogP contribution is 2.18. The van der Waals surface area contributed by atoms with Gasteiger partial charge in [-0.1, -0.05) is 58.2 Å². The van der Waals surface area contributed by atoms with Crippen molar-refractivity contribution in [1.29, 1.82) is 0 Å². The molecule has 0 fully saturated rings. The SMILES string of the molecule is Cc1scc[n+]1C.O=C(C[n+]1ccsc1)c1cc(-c2ccccc2)no1.[Br-].[Br-]. The number of nitrogens with zero attached hydrogens (tertiary/aromatic N) is 3. The maximum absolute atomic E-state index is 12.0. The van der Waals surface area contributed by atoms with Crippen molar-refractivity contribution in [2.45, 2.75) is 13.5 Å². The summed E-state index contributed by atoms with van der Waals surface area (Å²) in [6.07, 6.45) is 3.91. The first-order valence-electron chi connectivity index (χ1n) is 8.00. The van der Waals surface area contributed by atoms with Gasteiger partial charge in [-0.3, -0.25) is 4.79 Å². The van der Waals surface area contributed by atoms with Crippen molar-refractivity contribution in [2.75, 3.05) is 0 Å². The zero-order valence-corrected chi connectivity index (χ0v) is 20.1. The van der Waals surface area contributed by atoms with Crippen LogP contribution in [0.4, 0.5) is 0 Å². The lowest BCUT2D eigenvalue weighted by Crippen LogP contribution is -3.00. The third-order valence-electron chi connectivity index (χ3n) is 3.73. The molecule has 3 aromatic heterocycles. The number of aromatic nitrogens is 3. The number of Topliss-reactive ketones (excluding diaryl/α,β-unsaturated/α-hetero) is 1. The van der Waals surface area contributed by atoms with Crippen LogP contribution in [-0.4, -0.2) is 10.9 Å². The summed E-state index contributed by atoms with van der Waals surface area (Å²) in [5.41, 5.74) is 3.50. The minimum atomic E-state index is -0.0851. The van der Waals surface area contributed by atoms with Gasteiger partial charge in [0, 0.05) is 18.6 Å². The van der Waals surface area contributed by atoms with E-state index in [-0.39, 0.29) is 52.1 Å². The molecule has 9 heteroatoms. The van der Waals surface area contributed by atoms with Gasteiger partial charge in [0.25, 0.3) is 5.78 Å². The van der Waals surface area contributed by atoms with Crippen LogP contribution in [0.25, 0.3) is 11.3 Å². The summed E-state index contributed by atoms with van der Waals surface area (Å²) >= 11 is 3.31. The second kappa shape index (κ2) is 12.0. The Kier molecular flexibility index (Phi) is 10.4. The van der Waals surface area contributed by atoms with Crippen molar-refractivity contribution in [3.8, 4) is 11.3 Å². The number of rotatable bonds is 4. The standard InChI is InChI=1S/C14H11N2O2S.C5H8NS.2BrH/c17-13(9-16-6-7-19-10-16)14-8-12(15-18-14)11-4-2-1-3-5-11;1-5-6(2)3-4-7-5;;/h1-8,10H,9H2;3-4H,1-2H3;2*1H/q2*+1;;/p-2. The normalized spacial score (nSPS) is 9.50. The van der Waals surface area contributed by atoms with Gasteiger partial charge in [0.2, 0.25) is 22.8 Å². The highest BCUT2D eigenvalue weighted by Gasteiger charge is 2.18. The van der Waals surface area contributed by atoms with Gasteiger partial charge in [0.15, 0.2) is 12.4 Å². The third-order valence-corrected chi connectivity index (χ3v) is 5.29. The second-order valence-corrected chi connectivity index (χ2v) is 7.45. The zero-order chi connectivity index (χ0) is 18.4. The molecule has 0 aliphatic heterocycles. The smallest absolute Gasteiger partial charge is 0.265 e. The minimum absolute atomic E-state index is 0. The van der Waals surface area contributed by atoms with Gasteiger partial charge in [0.1, 0.15) is 12.7 Å². The van der Waals surface area contributed by atoms with Crippen molar-refractivity contribution in [1.82, 2.24) is 5.16 Å². The van der Waals surface area contributed by atoms with Crippen LogP contribution in [0.1, 0.15) is 15.6 Å². The Hall–Kier alpha value is -1.68. The first-order chi connectivity index (χ1) is 12.6. The van der Waals surface area contributed by atoms with Gasteiger partial charge >= 0.3 is 0 Å². The first-order valence-corrected chi connectivity index (χ1v) is 9.82. The molecule has 3 heterocycles. The molecule has 0 spiro atoms. The molecular formula is C19H19Br2N3O2S2. The van der Waals surface area contributed by atoms with E-state index in [1.165, 1.54) is 5.01 Å². The van der Waals surface area contributed by atoms with Crippen LogP contribution in [0.5, 0.6) is 0 Å². The largest absolute Gasteiger partial charge is 1.00 e. The summed E-state index contributed by atoms with van der Waals surface area (Å²) in [7, 11) is 2.05. The van der Waals surface area contributed by atoms with E-state index in [0.717, 1.165) is 5.56 Å². The van der Waals surface area contributed by atoms with Crippen molar-refractivity contribution in [3.63, 3.8) is 0 Å². The van der Waals surface area contributed by atoms with Crippen molar-refractivity contribution in [3.05, 3.63) is 75.8 Å². The molecule has 0 bridgehead atoms. The van der Waals surface area contributed by atoms with Crippen LogP contribution in [0.2, 0.25) is 0 Å². The van der Waals surface area contributed by atoms with Gasteiger partial charge in [-0.05, 0) is 0 Å². The lowest BCUT2D eigenvalue weighted by Gasteiger charge is -1.91. The molecule has 0 saturated heterocycles. The summed E-state index contributed by atoms with van der Waals surface area (Å²) < 4.78 is 9.04. The fourth-order valence-corrected chi connectivity index (χ4v) is 3.42. The fourth-order valence-electron chi connectivity index (χ4n) is 2.16. The number of thiazole rings is 2. The summed E-state index contributed by atoms with van der Waals surface area (Å²) in [6, 6.07) is 11.3. The molecule has 0 N–H and O–H groups in total. The highest BCUT2D eigenvalue weighted by atomic mass is 79.9. The molecule has 0 unspecified atom stereocenters. The molecule has 0 saturated carbocycles. The van der Waals surface area contributed by atoms with Crippen LogP contribution in [-0.2, 0) is 13.6 Å². The van der Waals surface area contributed by atoms with Crippen molar-refractivity contribution in [2.24, 2.45) is 7.05 Å². The highest BCUT2D eigenvalue weighted by molar-refractivity contribution is 7.09. The summed E-state index contributed by atoms with van der Waals surface area (Å²) in [6.45, 7) is 2.37.